The van der Waals surface area contributed by atoms with Gasteiger partial charge in [-0.15, -0.1) is 0 Å². The molecule has 1 rings (SSSR count). The van der Waals surface area contributed by atoms with Crippen molar-refractivity contribution in [3.8, 4) is 11.5 Å². The van der Waals surface area contributed by atoms with E-state index in [1.807, 2.05) is 19.1 Å². The van der Waals surface area contributed by atoms with Crippen LogP contribution in [0.25, 0.3) is 0 Å². The van der Waals surface area contributed by atoms with Gasteiger partial charge >= 0.3 is 0 Å². The number of hydrogen-bond acceptors (Lipinski definition) is 3. The van der Waals surface area contributed by atoms with Gasteiger partial charge in [-0.3, -0.25) is 0 Å². The SMILES string of the molecule is CCOc1cccc(CN[C@H](CC)C(C)(C)C)c1O. The van der Waals surface area contributed by atoms with Crippen LogP contribution in [0.5, 0.6) is 11.5 Å². The number of nitrogens with one attached hydrogen (secondary N) is 1. The minimum absolute atomic E-state index is 0.210. The van der Waals surface area contributed by atoms with E-state index in [2.05, 4.69) is 33.0 Å². The summed E-state index contributed by atoms with van der Waals surface area (Å²) in [6.45, 7) is 12.0. The van der Waals surface area contributed by atoms with Crippen molar-refractivity contribution < 1.29 is 9.84 Å². The van der Waals surface area contributed by atoms with Crippen LogP contribution in [0.3, 0.4) is 0 Å². The third-order valence-corrected chi connectivity index (χ3v) is 3.37. The van der Waals surface area contributed by atoms with Crippen molar-refractivity contribution in [3.63, 3.8) is 0 Å². The van der Waals surface area contributed by atoms with Crippen molar-refractivity contribution in [3.05, 3.63) is 23.8 Å². The highest BCUT2D eigenvalue weighted by atomic mass is 16.5. The van der Waals surface area contributed by atoms with Gasteiger partial charge in [-0.2, -0.15) is 0 Å². The number of para-hydroxylation sites is 1. The lowest BCUT2D eigenvalue weighted by molar-refractivity contribution is 0.258. The number of hydrogen-bond donors (Lipinski definition) is 2. The Bertz CT molecular complexity index is 396. The van der Waals surface area contributed by atoms with Crippen LogP contribution in [0.1, 0.15) is 46.6 Å². The summed E-state index contributed by atoms with van der Waals surface area (Å²) in [6, 6.07) is 6.06. The van der Waals surface area contributed by atoms with Gasteiger partial charge in [0.25, 0.3) is 0 Å². The van der Waals surface area contributed by atoms with Crippen molar-refractivity contribution in [2.24, 2.45) is 5.41 Å². The topological polar surface area (TPSA) is 41.5 Å². The molecule has 2 N–H and O–H groups in total. The molecule has 0 aliphatic heterocycles. The maximum absolute atomic E-state index is 10.1. The first-order valence-corrected chi connectivity index (χ1v) is 7.07. The zero-order chi connectivity index (χ0) is 14.5. The molecule has 108 valence electrons. The average molecular weight is 265 g/mol. The molecule has 0 amide bonds. The van der Waals surface area contributed by atoms with E-state index in [0.29, 0.717) is 24.9 Å². The number of ether oxygens (including phenoxy) is 1. The molecule has 3 heteroatoms. The van der Waals surface area contributed by atoms with E-state index in [0.717, 1.165) is 12.0 Å². The Labute approximate surface area is 117 Å². The van der Waals surface area contributed by atoms with Crippen molar-refractivity contribution in [1.29, 1.82) is 0 Å². The van der Waals surface area contributed by atoms with Gasteiger partial charge in [-0.25, -0.2) is 0 Å². The highest BCUT2D eigenvalue weighted by Gasteiger charge is 2.22. The van der Waals surface area contributed by atoms with E-state index in [1.165, 1.54) is 0 Å². The van der Waals surface area contributed by atoms with Crippen LogP contribution in [0, 0.1) is 5.41 Å². The van der Waals surface area contributed by atoms with Gasteiger partial charge in [0.1, 0.15) is 0 Å². The van der Waals surface area contributed by atoms with Gasteiger partial charge in [-0.1, -0.05) is 39.8 Å². The second-order valence-corrected chi connectivity index (χ2v) is 5.90. The third kappa shape index (κ3) is 4.43. The van der Waals surface area contributed by atoms with Crippen LogP contribution < -0.4 is 10.1 Å². The van der Waals surface area contributed by atoms with Gasteiger partial charge in [0, 0.05) is 18.2 Å². The fraction of sp³-hybridized carbons (Fsp3) is 0.625. The normalized spacial score (nSPS) is 13.3. The van der Waals surface area contributed by atoms with Crippen LogP contribution in [0.4, 0.5) is 0 Å². The summed E-state index contributed by atoms with van der Waals surface area (Å²) in [5.74, 6) is 0.811. The standard InChI is InChI=1S/C16H27NO2/c1-6-14(16(3,4)5)17-11-12-9-8-10-13(15(12)18)19-7-2/h8-10,14,17-18H,6-7,11H2,1-5H3/t14-/m1/s1. The largest absolute Gasteiger partial charge is 0.504 e. The molecule has 0 bridgehead atoms. The Morgan fingerprint density at radius 3 is 2.47 bits per heavy atom. The van der Waals surface area contributed by atoms with Gasteiger partial charge in [0.05, 0.1) is 6.61 Å². The number of phenolic OH excluding ortho intramolecular Hbond substituents is 1. The van der Waals surface area contributed by atoms with E-state index in [9.17, 15) is 5.11 Å². The molecule has 0 saturated carbocycles. The summed E-state index contributed by atoms with van der Waals surface area (Å²) in [5, 5.41) is 13.7. The first-order valence-electron chi connectivity index (χ1n) is 7.07. The number of rotatable bonds is 6. The minimum atomic E-state index is 0.210. The predicted octanol–water partition coefficient (Wildman–Crippen LogP) is 3.71. The Hall–Kier alpha value is -1.22. The second-order valence-electron chi connectivity index (χ2n) is 5.90. The van der Waals surface area contributed by atoms with E-state index in [1.54, 1.807) is 6.07 Å². The van der Waals surface area contributed by atoms with Crippen LogP contribution >= 0.6 is 0 Å². The molecule has 0 aliphatic carbocycles. The molecule has 1 atom stereocenters. The fourth-order valence-electron chi connectivity index (χ4n) is 2.28. The van der Waals surface area contributed by atoms with Gasteiger partial charge in [0.15, 0.2) is 11.5 Å². The van der Waals surface area contributed by atoms with E-state index < -0.39 is 0 Å². The summed E-state index contributed by atoms with van der Waals surface area (Å²) in [4.78, 5) is 0. The average Bonchev–Trinajstić information content (AvgIpc) is 2.33. The summed E-state index contributed by atoms with van der Waals surface area (Å²) >= 11 is 0. The molecule has 0 spiro atoms. The molecule has 0 unspecified atom stereocenters. The zero-order valence-electron chi connectivity index (χ0n) is 12.8. The molecular formula is C16H27NO2. The molecule has 0 aliphatic rings. The number of aromatic hydroxyl groups is 1. The molecule has 19 heavy (non-hydrogen) atoms. The first kappa shape index (κ1) is 15.8. The summed E-state index contributed by atoms with van der Waals surface area (Å²) < 4.78 is 5.40. The Morgan fingerprint density at radius 1 is 1.26 bits per heavy atom. The van der Waals surface area contributed by atoms with Gasteiger partial charge in [-0.05, 0) is 24.8 Å². The highest BCUT2D eigenvalue weighted by molar-refractivity contribution is 5.45. The maximum atomic E-state index is 10.1. The predicted molar refractivity (Wildman–Crippen MR) is 79.6 cm³/mol. The second kappa shape index (κ2) is 6.80. The lowest BCUT2D eigenvalue weighted by atomic mass is 9.85. The highest BCUT2D eigenvalue weighted by Crippen LogP contribution is 2.30. The van der Waals surface area contributed by atoms with Crippen LogP contribution in [0.15, 0.2) is 18.2 Å². The summed E-state index contributed by atoms with van der Waals surface area (Å²) in [5.41, 5.74) is 1.09. The van der Waals surface area contributed by atoms with Crippen molar-refractivity contribution >= 4 is 0 Å². The van der Waals surface area contributed by atoms with E-state index in [-0.39, 0.29) is 11.2 Å². The number of benzene rings is 1. The Kier molecular flexibility index (Phi) is 5.67. The molecule has 0 aromatic heterocycles. The molecule has 0 fully saturated rings. The molecule has 0 radical (unpaired) electrons. The summed E-state index contributed by atoms with van der Waals surface area (Å²) in [6.07, 6.45) is 1.06. The maximum Gasteiger partial charge on any atom is 0.162 e. The van der Waals surface area contributed by atoms with Gasteiger partial charge < -0.3 is 15.2 Å². The van der Waals surface area contributed by atoms with Crippen LogP contribution in [0.2, 0.25) is 0 Å². The molecule has 1 aromatic rings. The monoisotopic (exact) mass is 265 g/mol. The molecule has 1 aromatic carbocycles. The molecule has 0 saturated heterocycles. The molecule has 0 heterocycles. The smallest absolute Gasteiger partial charge is 0.162 e. The Morgan fingerprint density at radius 2 is 1.95 bits per heavy atom. The zero-order valence-corrected chi connectivity index (χ0v) is 12.8. The number of phenols is 1. The minimum Gasteiger partial charge on any atom is -0.504 e. The van der Waals surface area contributed by atoms with Crippen molar-refractivity contribution in [2.45, 2.75) is 53.6 Å². The molecular weight excluding hydrogens is 238 g/mol. The lowest BCUT2D eigenvalue weighted by Crippen LogP contribution is -2.39. The van der Waals surface area contributed by atoms with Crippen LogP contribution in [-0.2, 0) is 6.54 Å². The fourth-order valence-corrected chi connectivity index (χ4v) is 2.28. The first-order chi connectivity index (χ1) is 8.90. The van der Waals surface area contributed by atoms with E-state index in [4.69, 9.17) is 4.74 Å². The lowest BCUT2D eigenvalue weighted by Gasteiger charge is -2.31. The van der Waals surface area contributed by atoms with Crippen molar-refractivity contribution in [2.75, 3.05) is 6.61 Å². The molecule has 3 nitrogen and oxygen atoms in total. The summed E-state index contributed by atoms with van der Waals surface area (Å²) in [7, 11) is 0. The quantitative estimate of drug-likeness (QED) is 0.824. The van der Waals surface area contributed by atoms with E-state index >= 15 is 0 Å². The van der Waals surface area contributed by atoms with Crippen molar-refractivity contribution in [1.82, 2.24) is 5.32 Å². The third-order valence-electron chi connectivity index (χ3n) is 3.37. The Balaban J connectivity index is 2.75. The van der Waals surface area contributed by atoms with Gasteiger partial charge in [0.2, 0.25) is 0 Å². The van der Waals surface area contributed by atoms with Crippen LogP contribution in [-0.4, -0.2) is 17.8 Å².